The zero-order valence-corrected chi connectivity index (χ0v) is 16.3. The molecule has 0 saturated heterocycles. The molecule has 0 bridgehead atoms. The fraction of sp³-hybridized carbons (Fsp3) is 0.208. The van der Waals surface area contributed by atoms with Gasteiger partial charge in [-0.05, 0) is 31.3 Å². The maximum Gasteiger partial charge on any atom is 0.258 e. The lowest BCUT2D eigenvalue weighted by atomic mass is 10.1. The first kappa shape index (κ1) is 19.6. The van der Waals surface area contributed by atoms with Crippen LogP contribution in [0.1, 0.15) is 11.6 Å². The number of ether oxygens (including phenoxy) is 1. The van der Waals surface area contributed by atoms with E-state index in [1.807, 2.05) is 99.0 Å². The highest BCUT2D eigenvalue weighted by Gasteiger charge is 2.16. The molecule has 1 amide bonds. The molecule has 28 heavy (non-hydrogen) atoms. The highest BCUT2D eigenvalue weighted by Crippen LogP contribution is 2.29. The molecule has 3 aromatic rings. The van der Waals surface area contributed by atoms with Crippen LogP contribution in [0.2, 0.25) is 0 Å². The summed E-state index contributed by atoms with van der Waals surface area (Å²) in [5.74, 6) is 0.561. The zero-order chi connectivity index (χ0) is 19.8. The van der Waals surface area contributed by atoms with Crippen molar-refractivity contribution in [2.75, 3.05) is 27.2 Å². The standard InChI is InChI=1S/C24H26N2O2/c1-26(2)17-22(20-13-7-4-8-14-20)25-24(27)18-28-23-16-10-9-15-21(23)19-11-5-3-6-12-19/h3-16,22H,17-18H2,1-2H3,(H,25,27)/t22-/m0/s1. The molecule has 4 heteroatoms. The predicted molar refractivity (Wildman–Crippen MR) is 113 cm³/mol. The van der Waals surface area contributed by atoms with Gasteiger partial charge in [0.05, 0.1) is 6.04 Å². The van der Waals surface area contributed by atoms with Crippen LogP contribution in [0.3, 0.4) is 0 Å². The van der Waals surface area contributed by atoms with Gasteiger partial charge in [-0.2, -0.15) is 0 Å². The Bertz CT molecular complexity index is 879. The van der Waals surface area contributed by atoms with E-state index in [0.717, 1.165) is 23.2 Å². The summed E-state index contributed by atoms with van der Waals surface area (Å²) in [6, 6.07) is 27.7. The van der Waals surface area contributed by atoms with Gasteiger partial charge in [0.1, 0.15) is 5.75 Å². The predicted octanol–water partition coefficient (Wildman–Crippen LogP) is 4.15. The molecule has 0 aliphatic rings. The Labute approximate surface area is 166 Å². The Morgan fingerprint density at radius 1 is 0.893 bits per heavy atom. The fourth-order valence-electron chi connectivity index (χ4n) is 3.11. The first-order valence-electron chi connectivity index (χ1n) is 9.40. The van der Waals surface area contributed by atoms with Crippen molar-refractivity contribution in [1.82, 2.24) is 10.2 Å². The van der Waals surface area contributed by atoms with E-state index in [1.165, 1.54) is 0 Å². The molecule has 0 aromatic heterocycles. The maximum absolute atomic E-state index is 12.6. The minimum Gasteiger partial charge on any atom is -0.483 e. The SMILES string of the molecule is CN(C)C[C@H](NC(=O)COc1ccccc1-c1ccccc1)c1ccccc1. The van der Waals surface area contributed by atoms with Crippen molar-refractivity contribution in [3.8, 4) is 16.9 Å². The first-order chi connectivity index (χ1) is 13.6. The van der Waals surface area contributed by atoms with Gasteiger partial charge < -0.3 is 15.0 Å². The average molecular weight is 374 g/mol. The van der Waals surface area contributed by atoms with Gasteiger partial charge in [0.2, 0.25) is 0 Å². The molecular weight excluding hydrogens is 348 g/mol. The number of hydrogen-bond donors (Lipinski definition) is 1. The molecule has 1 N–H and O–H groups in total. The molecular formula is C24H26N2O2. The monoisotopic (exact) mass is 374 g/mol. The second-order valence-corrected chi connectivity index (χ2v) is 6.94. The summed E-state index contributed by atoms with van der Waals surface area (Å²) in [5, 5.41) is 3.09. The molecule has 0 unspecified atom stereocenters. The molecule has 3 aromatic carbocycles. The summed E-state index contributed by atoms with van der Waals surface area (Å²) < 4.78 is 5.87. The van der Waals surface area contributed by atoms with Crippen LogP contribution in [0.4, 0.5) is 0 Å². The number of amides is 1. The summed E-state index contributed by atoms with van der Waals surface area (Å²) in [7, 11) is 3.99. The Hall–Kier alpha value is -3.11. The Balaban J connectivity index is 1.67. The number of benzene rings is 3. The lowest BCUT2D eigenvalue weighted by molar-refractivity contribution is -0.123. The molecule has 0 radical (unpaired) electrons. The van der Waals surface area contributed by atoms with Crippen molar-refractivity contribution < 1.29 is 9.53 Å². The molecule has 0 heterocycles. The number of nitrogens with one attached hydrogen (secondary N) is 1. The quantitative estimate of drug-likeness (QED) is 0.644. The Kier molecular flexibility index (Phi) is 6.82. The lowest BCUT2D eigenvalue weighted by Gasteiger charge is -2.23. The van der Waals surface area contributed by atoms with E-state index in [4.69, 9.17) is 4.74 Å². The molecule has 4 nitrogen and oxygen atoms in total. The molecule has 3 rings (SSSR count). The first-order valence-corrected chi connectivity index (χ1v) is 9.40. The van der Waals surface area contributed by atoms with Gasteiger partial charge in [0, 0.05) is 12.1 Å². The van der Waals surface area contributed by atoms with Gasteiger partial charge in [-0.3, -0.25) is 4.79 Å². The van der Waals surface area contributed by atoms with Crippen LogP contribution in [0.5, 0.6) is 5.75 Å². The average Bonchev–Trinajstić information content (AvgIpc) is 2.73. The molecule has 1 atom stereocenters. The maximum atomic E-state index is 12.6. The summed E-state index contributed by atoms with van der Waals surface area (Å²) in [6.07, 6.45) is 0. The highest BCUT2D eigenvalue weighted by atomic mass is 16.5. The number of rotatable bonds is 8. The Morgan fingerprint density at radius 3 is 2.18 bits per heavy atom. The third-order valence-corrected chi connectivity index (χ3v) is 4.42. The van der Waals surface area contributed by atoms with Gasteiger partial charge >= 0.3 is 0 Å². The van der Waals surface area contributed by atoms with Crippen molar-refractivity contribution in [2.45, 2.75) is 6.04 Å². The number of likely N-dealkylation sites (N-methyl/N-ethyl adjacent to an activating group) is 1. The molecule has 144 valence electrons. The summed E-state index contributed by atoms with van der Waals surface area (Å²) in [4.78, 5) is 14.6. The largest absolute Gasteiger partial charge is 0.483 e. The van der Waals surface area contributed by atoms with Crippen molar-refractivity contribution >= 4 is 5.91 Å². The van der Waals surface area contributed by atoms with E-state index in [-0.39, 0.29) is 18.6 Å². The van der Waals surface area contributed by atoms with Gasteiger partial charge in [-0.1, -0.05) is 78.9 Å². The third-order valence-electron chi connectivity index (χ3n) is 4.42. The second-order valence-electron chi connectivity index (χ2n) is 6.94. The van der Waals surface area contributed by atoms with E-state index in [2.05, 4.69) is 10.2 Å². The van der Waals surface area contributed by atoms with Gasteiger partial charge in [-0.15, -0.1) is 0 Å². The van der Waals surface area contributed by atoms with Crippen molar-refractivity contribution in [3.05, 3.63) is 90.5 Å². The number of para-hydroxylation sites is 1. The normalized spacial score (nSPS) is 11.8. The zero-order valence-electron chi connectivity index (χ0n) is 16.3. The Morgan fingerprint density at radius 2 is 1.50 bits per heavy atom. The van der Waals surface area contributed by atoms with E-state index in [9.17, 15) is 4.79 Å². The minimum atomic E-state index is -0.140. The lowest BCUT2D eigenvalue weighted by Crippen LogP contribution is -2.37. The van der Waals surface area contributed by atoms with Gasteiger partial charge in [-0.25, -0.2) is 0 Å². The molecule has 0 aliphatic heterocycles. The number of carbonyl (C=O) groups excluding carboxylic acids is 1. The number of nitrogens with zero attached hydrogens (tertiary/aromatic N) is 1. The number of carbonyl (C=O) groups is 1. The number of hydrogen-bond acceptors (Lipinski definition) is 3. The van der Waals surface area contributed by atoms with E-state index >= 15 is 0 Å². The summed E-state index contributed by atoms with van der Waals surface area (Å²) >= 11 is 0. The molecule has 0 spiro atoms. The fourth-order valence-corrected chi connectivity index (χ4v) is 3.11. The van der Waals surface area contributed by atoms with Crippen LogP contribution in [0, 0.1) is 0 Å². The van der Waals surface area contributed by atoms with Crippen LogP contribution >= 0.6 is 0 Å². The molecule has 0 fully saturated rings. The van der Waals surface area contributed by atoms with E-state index in [1.54, 1.807) is 0 Å². The van der Waals surface area contributed by atoms with Crippen LogP contribution in [0.15, 0.2) is 84.9 Å². The van der Waals surface area contributed by atoms with Crippen LogP contribution in [0.25, 0.3) is 11.1 Å². The van der Waals surface area contributed by atoms with E-state index in [0.29, 0.717) is 5.75 Å². The smallest absolute Gasteiger partial charge is 0.258 e. The van der Waals surface area contributed by atoms with Crippen LogP contribution in [-0.4, -0.2) is 38.1 Å². The van der Waals surface area contributed by atoms with Crippen molar-refractivity contribution in [3.63, 3.8) is 0 Å². The third kappa shape index (κ3) is 5.44. The van der Waals surface area contributed by atoms with Gasteiger partial charge in [0.25, 0.3) is 5.91 Å². The van der Waals surface area contributed by atoms with Gasteiger partial charge in [0.15, 0.2) is 6.61 Å². The van der Waals surface area contributed by atoms with E-state index < -0.39 is 0 Å². The minimum absolute atomic E-state index is 0.0272. The van der Waals surface area contributed by atoms with Crippen molar-refractivity contribution in [1.29, 1.82) is 0 Å². The van der Waals surface area contributed by atoms with Crippen LogP contribution < -0.4 is 10.1 Å². The summed E-state index contributed by atoms with van der Waals surface area (Å²) in [6.45, 7) is 0.691. The summed E-state index contributed by atoms with van der Waals surface area (Å²) in [5.41, 5.74) is 3.12. The topological polar surface area (TPSA) is 41.6 Å². The molecule has 0 saturated carbocycles. The highest BCUT2D eigenvalue weighted by molar-refractivity contribution is 5.79. The second kappa shape index (κ2) is 9.72. The van der Waals surface area contributed by atoms with Crippen LogP contribution in [-0.2, 0) is 4.79 Å². The molecule has 0 aliphatic carbocycles. The van der Waals surface area contributed by atoms with Crippen molar-refractivity contribution in [2.24, 2.45) is 0 Å².